The van der Waals surface area contributed by atoms with Gasteiger partial charge in [0, 0.05) is 38.5 Å². The number of hydrogen-bond donors (Lipinski definition) is 0. The lowest BCUT2D eigenvalue weighted by Gasteiger charge is -1.91. The summed E-state index contributed by atoms with van der Waals surface area (Å²) in [6.45, 7) is 1.76. The smallest absolute Gasteiger partial charge is 0.319 e. The highest BCUT2D eigenvalue weighted by Gasteiger charge is 2.10. The average molecular weight is 275 g/mol. The van der Waals surface area contributed by atoms with Gasteiger partial charge in [0.2, 0.25) is 5.62 Å². The number of nitrogens with zero attached hydrogens (tertiary/aromatic N) is 8. The minimum atomic E-state index is 0.493. The van der Waals surface area contributed by atoms with Crippen LogP contribution in [0.4, 0.5) is 5.95 Å². The van der Waals surface area contributed by atoms with Gasteiger partial charge >= 0.3 is 5.95 Å². The first-order chi connectivity index (χ1) is 9.49. The highest BCUT2D eigenvalue weighted by Crippen LogP contribution is 2.03. The summed E-state index contributed by atoms with van der Waals surface area (Å²) in [5, 5.41) is 16.4. The Kier molecular flexibility index (Phi) is 3.92. The monoisotopic (exact) mass is 275 g/mol. The molecule has 0 unspecified atom stereocenters. The van der Waals surface area contributed by atoms with Crippen molar-refractivity contribution in [2.24, 2.45) is 48.6 Å². The zero-order valence-electron chi connectivity index (χ0n) is 12.4. The van der Waals surface area contributed by atoms with E-state index in [4.69, 9.17) is 0 Å². The Morgan fingerprint density at radius 1 is 1.05 bits per heavy atom. The molecule has 0 fully saturated rings. The van der Waals surface area contributed by atoms with Gasteiger partial charge < -0.3 is 9.13 Å². The molecule has 2 rings (SSSR count). The summed E-state index contributed by atoms with van der Waals surface area (Å²) in [6.07, 6.45) is 7.65. The average Bonchev–Trinajstić information content (AvgIpc) is 2.89. The molecule has 0 bridgehead atoms. The summed E-state index contributed by atoms with van der Waals surface area (Å²) < 4.78 is 7.52. The predicted octanol–water partition coefficient (Wildman–Crippen LogP) is 0.545. The lowest BCUT2D eigenvalue weighted by atomic mass is 10.7. The fraction of sp³-hybridized carbons (Fsp3) is 0.417. The summed E-state index contributed by atoms with van der Waals surface area (Å²) in [5.74, 6) is 1.23. The van der Waals surface area contributed by atoms with E-state index in [2.05, 4.69) is 20.4 Å². The van der Waals surface area contributed by atoms with Crippen LogP contribution in [0, 0.1) is 0 Å². The zero-order chi connectivity index (χ0) is 14.7. The van der Waals surface area contributed by atoms with E-state index in [1.54, 1.807) is 6.92 Å². The molecule has 0 radical (unpaired) electrons. The molecule has 0 aliphatic rings. The highest BCUT2D eigenvalue weighted by molar-refractivity contribution is 5.79. The van der Waals surface area contributed by atoms with Crippen LogP contribution in [-0.2, 0) is 28.2 Å². The number of hydrogen-bond acceptors (Lipinski definition) is 3. The first-order valence-corrected chi connectivity index (χ1v) is 6.18. The van der Waals surface area contributed by atoms with Gasteiger partial charge in [-0.15, -0.1) is 10.2 Å². The Morgan fingerprint density at radius 2 is 1.70 bits per heavy atom. The lowest BCUT2D eigenvalue weighted by molar-refractivity contribution is -0.657. The van der Waals surface area contributed by atoms with Crippen LogP contribution >= 0.6 is 0 Å². The number of amidine groups is 1. The molecule has 2 aromatic rings. The molecule has 106 valence electrons. The Morgan fingerprint density at radius 3 is 2.25 bits per heavy atom. The zero-order valence-corrected chi connectivity index (χ0v) is 12.4. The molecule has 0 saturated carbocycles. The van der Waals surface area contributed by atoms with Crippen molar-refractivity contribution in [2.45, 2.75) is 6.92 Å². The molecular weight excluding hydrogens is 256 g/mol. The lowest BCUT2D eigenvalue weighted by Crippen LogP contribution is -2.25. The predicted molar refractivity (Wildman–Crippen MR) is 74.2 cm³/mol. The molecule has 20 heavy (non-hydrogen) atoms. The van der Waals surface area contributed by atoms with Gasteiger partial charge in [0.25, 0.3) is 0 Å². The number of rotatable bonds is 2. The second-order valence-electron chi connectivity index (χ2n) is 4.59. The Labute approximate surface area is 117 Å². The Hall–Kier alpha value is -2.51. The largest absolute Gasteiger partial charge is 0.421 e. The van der Waals surface area contributed by atoms with Crippen molar-refractivity contribution in [2.75, 3.05) is 0 Å². The number of aryl methyl sites for hydroxylation is 4. The van der Waals surface area contributed by atoms with E-state index in [0.717, 1.165) is 11.6 Å². The van der Waals surface area contributed by atoms with Gasteiger partial charge in [-0.25, -0.2) is 9.13 Å². The van der Waals surface area contributed by atoms with E-state index < -0.39 is 0 Å². The molecule has 2 aromatic heterocycles. The molecule has 0 aliphatic heterocycles. The van der Waals surface area contributed by atoms with Crippen molar-refractivity contribution < 1.29 is 4.57 Å². The first-order valence-electron chi connectivity index (χ1n) is 6.18. The van der Waals surface area contributed by atoms with Crippen molar-refractivity contribution in [1.82, 2.24) is 13.7 Å². The van der Waals surface area contributed by atoms with Crippen molar-refractivity contribution in [3.05, 3.63) is 30.4 Å². The molecule has 8 nitrogen and oxygen atoms in total. The standard InChI is InChI=1S/C12H19N8/c1-10(13-15-11-17(2)6-7-18(11)3)14-16-12-19(4)8-9-20(12)5/h6-9H,1-5H3/q+1. The molecule has 0 atom stereocenters. The van der Waals surface area contributed by atoms with E-state index in [1.807, 2.05) is 71.2 Å². The van der Waals surface area contributed by atoms with Crippen LogP contribution in [0.2, 0.25) is 0 Å². The van der Waals surface area contributed by atoms with Crippen molar-refractivity contribution in [3.8, 4) is 0 Å². The van der Waals surface area contributed by atoms with Crippen molar-refractivity contribution in [3.63, 3.8) is 0 Å². The maximum absolute atomic E-state index is 4.16. The van der Waals surface area contributed by atoms with E-state index in [9.17, 15) is 0 Å². The van der Waals surface area contributed by atoms with Crippen molar-refractivity contribution in [1.29, 1.82) is 0 Å². The van der Waals surface area contributed by atoms with E-state index in [1.165, 1.54) is 0 Å². The van der Waals surface area contributed by atoms with Crippen LogP contribution in [0.5, 0.6) is 0 Å². The van der Waals surface area contributed by atoms with Crippen LogP contribution < -0.4 is 10.2 Å². The second-order valence-corrected chi connectivity index (χ2v) is 4.59. The molecule has 8 heteroatoms. The topological polar surface area (TPSA) is 68.1 Å². The number of imidazole rings is 2. The van der Waals surface area contributed by atoms with Gasteiger partial charge in [-0.1, -0.05) is 5.11 Å². The van der Waals surface area contributed by atoms with Gasteiger partial charge in [0.1, 0.15) is 0 Å². The minimum absolute atomic E-state index is 0.493. The van der Waals surface area contributed by atoms with Crippen LogP contribution in [-0.4, -0.2) is 19.5 Å². The van der Waals surface area contributed by atoms with Crippen LogP contribution in [0.25, 0.3) is 0 Å². The van der Waals surface area contributed by atoms with Gasteiger partial charge in [-0.2, -0.15) is 0 Å². The Bertz CT molecular complexity index is 683. The highest BCUT2D eigenvalue weighted by atomic mass is 15.4. The molecule has 0 aliphatic carbocycles. The van der Waals surface area contributed by atoms with E-state index in [-0.39, 0.29) is 0 Å². The third kappa shape index (κ3) is 2.90. The van der Waals surface area contributed by atoms with E-state index in [0.29, 0.717) is 5.84 Å². The van der Waals surface area contributed by atoms with Gasteiger partial charge in [0.05, 0.1) is 26.5 Å². The third-order valence-electron chi connectivity index (χ3n) is 2.86. The summed E-state index contributed by atoms with van der Waals surface area (Å²) in [4.78, 5) is 0. The maximum atomic E-state index is 4.16. The van der Waals surface area contributed by atoms with E-state index >= 15 is 0 Å². The van der Waals surface area contributed by atoms with Gasteiger partial charge in [-0.3, -0.25) is 0 Å². The normalized spacial score (nSPS) is 12.3. The molecule has 0 aromatic carbocycles. The summed E-state index contributed by atoms with van der Waals surface area (Å²) in [7, 11) is 7.65. The minimum Gasteiger partial charge on any atom is -0.319 e. The first kappa shape index (κ1) is 13.9. The quantitative estimate of drug-likeness (QED) is 0.252. The fourth-order valence-corrected chi connectivity index (χ4v) is 1.70. The SMILES string of the molecule is CC(/N=N/c1n(C)cc[n+]1C)=N\N=c1n(C)ccn1C. The molecular formula is C12H19N8+. The van der Waals surface area contributed by atoms with Gasteiger partial charge in [0.15, 0.2) is 5.84 Å². The van der Waals surface area contributed by atoms with Crippen LogP contribution in [0.1, 0.15) is 6.92 Å². The molecule has 2 heterocycles. The molecule has 0 saturated heterocycles. The van der Waals surface area contributed by atoms with Gasteiger partial charge in [-0.05, 0) is 0 Å². The number of azo groups is 1. The molecule has 0 spiro atoms. The summed E-state index contributed by atoms with van der Waals surface area (Å²) in [6, 6.07) is 0. The van der Waals surface area contributed by atoms with Crippen LogP contribution in [0.15, 0.2) is 45.2 Å². The summed E-state index contributed by atoms with van der Waals surface area (Å²) >= 11 is 0. The third-order valence-corrected chi connectivity index (χ3v) is 2.86. The van der Waals surface area contributed by atoms with Crippen LogP contribution in [0.3, 0.4) is 0 Å². The molecule has 0 amide bonds. The Balaban J connectivity index is 2.23. The van der Waals surface area contributed by atoms with Crippen molar-refractivity contribution >= 4 is 11.8 Å². The maximum Gasteiger partial charge on any atom is 0.421 e. The molecule has 0 N–H and O–H groups in total. The second kappa shape index (κ2) is 5.64. The summed E-state index contributed by atoms with van der Waals surface area (Å²) in [5.41, 5.74) is 0.740. The number of aromatic nitrogens is 4. The fourth-order valence-electron chi connectivity index (χ4n) is 1.70.